The van der Waals surface area contributed by atoms with Crippen molar-refractivity contribution in [2.24, 2.45) is 0 Å². The van der Waals surface area contributed by atoms with Crippen molar-refractivity contribution in [3.8, 4) is 0 Å². The zero-order chi connectivity index (χ0) is 21.1. The summed E-state index contributed by atoms with van der Waals surface area (Å²) in [5.41, 5.74) is 2.41. The molecule has 0 atom stereocenters. The Morgan fingerprint density at radius 3 is 2.62 bits per heavy atom. The second-order valence-corrected chi connectivity index (χ2v) is 6.88. The summed E-state index contributed by atoms with van der Waals surface area (Å²) in [6, 6.07) is 9.09. The van der Waals surface area contributed by atoms with E-state index in [1.807, 2.05) is 24.5 Å². The number of halogens is 2. The average Bonchev–Trinajstić information content (AvgIpc) is 2.94. The molecule has 0 saturated heterocycles. The number of esters is 1. The molecule has 1 amide bonds. The Morgan fingerprint density at radius 1 is 1.21 bits per heavy atom. The molecule has 0 aliphatic rings. The van der Waals surface area contributed by atoms with Gasteiger partial charge in [-0.2, -0.15) is 0 Å². The van der Waals surface area contributed by atoms with E-state index in [-0.39, 0.29) is 24.1 Å². The third kappa shape index (κ3) is 4.24. The van der Waals surface area contributed by atoms with E-state index in [1.165, 1.54) is 12.1 Å². The van der Waals surface area contributed by atoms with Crippen molar-refractivity contribution in [3.05, 3.63) is 58.6 Å². The number of anilines is 1. The van der Waals surface area contributed by atoms with Gasteiger partial charge in [0.15, 0.2) is 17.6 Å². The molecule has 0 fully saturated rings. The molecule has 0 bridgehead atoms. The van der Waals surface area contributed by atoms with Crippen LogP contribution in [0.25, 0.3) is 11.0 Å². The molecule has 0 aliphatic heterocycles. The van der Waals surface area contributed by atoms with Crippen molar-refractivity contribution < 1.29 is 23.3 Å². The van der Waals surface area contributed by atoms with Crippen LogP contribution in [0, 0.1) is 12.7 Å². The van der Waals surface area contributed by atoms with Crippen LogP contribution in [0.2, 0.25) is 5.02 Å². The molecular formula is C21H22ClFN3O3+. The summed E-state index contributed by atoms with van der Waals surface area (Å²) >= 11 is 6.00. The molecule has 3 rings (SSSR count). The second kappa shape index (κ2) is 8.61. The molecule has 0 aliphatic carbocycles. The van der Waals surface area contributed by atoms with Gasteiger partial charge >= 0.3 is 5.97 Å². The van der Waals surface area contributed by atoms with Crippen LogP contribution in [0.15, 0.2) is 36.4 Å². The van der Waals surface area contributed by atoms with Gasteiger partial charge in [-0.3, -0.25) is 4.79 Å². The van der Waals surface area contributed by atoms with E-state index >= 15 is 0 Å². The largest absolute Gasteiger partial charge is 0.462 e. The number of aryl methyl sites for hydroxylation is 1. The zero-order valence-electron chi connectivity index (χ0n) is 16.5. The highest BCUT2D eigenvalue weighted by molar-refractivity contribution is 6.33. The monoisotopic (exact) mass is 418 g/mol. The predicted molar refractivity (Wildman–Crippen MR) is 109 cm³/mol. The van der Waals surface area contributed by atoms with Crippen LogP contribution in [0.3, 0.4) is 0 Å². The van der Waals surface area contributed by atoms with Crippen LogP contribution >= 0.6 is 11.6 Å². The molecule has 1 heterocycles. The van der Waals surface area contributed by atoms with Gasteiger partial charge in [-0.15, -0.1) is 0 Å². The lowest BCUT2D eigenvalue weighted by Gasteiger charge is -2.07. The standard InChI is InChI=1S/C21H21ClFN3O3/c1-4-25-13(3)26(12-20(27)24-17-8-7-15(23)11-16(17)22)19-10-14(6-9-18(19)25)21(28)29-5-2/h6-11H,4-5,12H2,1-3H3/p+1. The number of carbonyl (C=O) groups is 2. The third-order valence-electron chi connectivity index (χ3n) is 4.67. The Labute approximate surface area is 172 Å². The number of aromatic nitrogens is 2. The Morgan fingerprint density at radius 2 is 1.97 bits per heavy atom. The quantitative estimate of drug-likeness (QED) is 0.488. The molecule has 0 saturated carbocycles. The first-order valence-corrected chi connectivity index (χ1v) is 9.68. The molecule has 0 radical (unpaired) electrons. The summed E-state index contributed by atoms with van der Waals surface area (Å²) < 4.78 is 22.2. The van der Waals surface area contributed by atoms with E-state index in [4.69, 9.17) is 16.3 Å². The number of imidazole rings is 1. The van der Waals surface area contributed by atoms with Gasteiger partial charge in [0.1, 0.15) is 5.82 Å². The summed E-state index contributed by atoms with van der Waals surface area (Å²) in [7, 11) is 0. The van der Waals surface area contributed by atoms with Gasteiger partial charge in [0, 0.05) is 13.0 Å². The Bertz CT molecular complexity index is 1090. The average molecular weight is 419 g/mol. The summed E-state index contributed by atoms with van der Waals surface area (Å²) in [6.45, 7) is 6.67. The maximum Gasteiger partial charge on any atom is 0.338 e. The number of hydrogen-bond donors (Lipinski definition) is 1. The smallest absolute Gasteiger partial charge is 0.338 e. The number of amides is 1. The van der Waals surface area contributed by atoms with Crippen LogP contribution in [0.1, 0.15) is 30.0 Å². The van der Waals surface area contributed by atoms with Gasteiger partial charge in [0.05, 0.1) is 29.4 Å². The van der Waals surface area contributed by atoms with Gasteiger partial charge in [0.25, 0.3) is 11.7 Å². The van der Waals surface area contributed by atoms with Crippen LogP contribution in [0.5, 0.6) is 0 Å². The molecule has 6 nitrogen and oxygen atoms in total. The fraction of sp³-hybridized carbons (Fsp3) is 0.286. The van der Waals surface area contributed by atoms with E-state index in [0.29, 0.717) is 17.8 Å². The number of fused-ring (bicyclic) bond motifs is 1. The molecule has 0 unspecified atom stereocenters. The second-order valence-electron chi connectivity index (χ2n) is 6.47. The highest BCUT2D eigenvalue weighted by Gasteiger charge is 2.24. The normalized spacial score (nSPS) is 10.9. The van der Waals surface area contributed by atoms with Crippen LogP contribution in [-0.2, 0) is 22.6 Å². The summed E-state index contributed by atoms with van der Waals surface area (Å²) in [5, 5.41) is 2.83. The van der Waals surface area contributed by atoms with Gasteiger partial charge in [-0.25, -0.2) is 18.3 Å². The van der Waals surface area contributed by atoms with E-state index in [0.717, 1.165) is 22.9 Å². The van der Waals surface area contributed by atoms with E-state index in [9.17, 15) is 14.0 Å². The van der Waals surface area contributed by atoms with Gasteiger partial charge < -0.3 is 10.1 Å². The minimum Gasteiger partial charge on any atom is -0.462 e. The van der Waals surface area contributed by atoms with E-state index in [1.54, 1.807) is 19.1 Å². The van der Waals surface area contributed by atoms with Crippen molar-refractivity contribution in [1.82, 2.24) is 4.57 Å². The van der Waals surface area contributed by atoms with Crippen molar-refractivity contribution in [1.29, 1.82) is 0 Å². The van der Waals surface area contributed by atoms with E-state index in [2.05, 4.69) is 9.88 Å². The van der Waals surface area contributed by atoms with Crippen LogP contribution < -0.4 is 9.88 Å². The first kappa shape index (κ1) is 20.8. The minimum absolute atomic E-state index is 0.00924. The maximum atomic E-state index is 13.2. The van der Waals surface area contributed by atoms with Crippen molar-refractivity contribution in [2.45, 2.75) is 33.9 Å². The fourth-order valence-corrected chi connectivity index (χ4v) is 3.54. The first-order chi connectivity index (χ1) is 13.8. The Balaban J connectivity index is 1.96. The molecule has 1 N–H and O–H groups in total. The molecule has 3 aromatic rings. The maximum absolute atomic E-state index is 13.2. The number of ether oxygens (including phenoxy) is 1. The lowest BCUT2D eigenvalue weighted by atomic mass is 10.2. The highest BCUT2D eigenvalue weighted by atomic mass is 35.5. The van der Waals surface area contributed by atoms with Gasteiger partial charge in [-0.1, -0.05) is 11.6 Å². The molecular weight excluding hydrogens is 397 g/mol. The van der Waals surface area contributed by atoms with E-state index < -0.39 is 11.8 Å². The Kier molecular flexibility index (Phi) is 6.17. The third-order valence-corrected chi connectivity index (χ3v) is 4.99. The topological polar surface area (TPSA) is 64.2 Å². The molecule has 1 aromatic heterocycles. The number of carbonyl (C=O) groups excluding carboxylic acids is 2. The summed E-state index contributed by atoms with van der Waals surface area (Å²) in [4.78, 5) is 24.8. The van der Waals surface area contributed by atoms with Crippen molar-refractivity contribution >= 4 is 40.2 Å². The predicted octanol–water partition coefficient (Wildman–Crippen LogP) is 3.87. The van der Waals surface area contributed by atoms with Crippen LogP contribution in [-0.4, -0.2) is 23.1 Å². The Hall–Kier alpha value is -2.93. The molecule has 8 heteroatoms. The highest BCUT2D eigenvalue weighted by Crippen LogP contribution is 2.23. The molecule has 2 aromatic carbocycles. The number of nitrogens with zero attached hydrogens (tertiary/aromatic N) is 2. The van der Waals surface area contributed by atoms with Crippen LogP contribution in [0.4, 0.5) is 10.1 Å². The number of rotatable bonds is 6. The number of hydrogen-bond acceptors (Lipinski definition) is 3. The fourth-order valence-electron chi connectivity index (χ4n) is 3.33. The molecule has 0 spiro atoms. The number of benzene rings is 2. The summed E-state index contributed by atoms with van der Waals surface area (Å²) in [5.74, 6) is -0.340. The summed E-state index contributed by atoms with van der Waals surface area (Å²) in [6.07, 6.45) is 0. The minimum atomic E-state index is -0.476. The van der Waals surface area contributed by atoms with Crippen molar-refractivity contribution in [3.63, 3.8) is 0 Å². The lowest BCUT2D eigenvalue weighted by molar-refractivity contribution is -0.674. The van der Waals surface area contributed by atoms with Gasteiger partial charge in [0.2, 0.25) is 0 Å². The molecule has 152 valence electrons. The zero-order valence-corrected chi connectivity index (χ0v) is 17.2. The van der Waals surface area contributed by atoms with Gasteiger partial charge in [-0.05, 0) is 44.2 Å². The first-order valence-electron chi connectivity index (χ1n) is 9.30. The van der Waals surface area contributed by atoms with Crippen molar-refractivity contribution in [2.75, 3.05) is 11.9 Å². The number of nitrogens with one attached hydrogen (secondary N) is 1. The molecule has 29 heavy (non-hydrogen) atoms. The SMILES string of the molecule is CCOC(=O)c1ccc2c(c1)n(CC(=O)Nc1ccc(F)cc1Cl)c(C)[n+]2CC. The lowest BCUT2D eigenvalue weighted by Crippen LogP contribution is -2.35.